The molecule has 0 aliphatic heterocycles. The lowest BCUT2D eigenvalue weighted by molar-refractivity contribution is 0.453. The molecule has 1 aromatic carbocycles. The van der Waals surface area contributed by atoms with Crippen molar-refractivity contribution in [3.05, 3.63) is 54.0 Å². The lowest BCUT2D eigenvalue weighted by Gasteiger charge is -2.13. The molecule has 2 aromatic rings. The summed E-state index contributed by atoms with van der Waals surface area (Å²) in [6.07, 6.45) is 1.72. The lowest BCUT2D eigenvalue weighted by atomic mass is 10.2. The Kier molecular flexibility index (Phi) is 4.29. The van der Waals surface area contributed by atoms with Gasteiger partial charge in [-0.2, -0.15) is 0 Å². The molecule has 0 radical (unpaired) electrons. The van der Waals surface area contributed by atoms with Crippen LogP contribution in [0, 0.1) is 6.92 Å². The molecule has 0 aliphatic carbocycles. The largest absolute Gasteiger partial charge is 0.468 e. The van der Waals surface area contributed by atoms with Gasteiger partial charge in [0.25, 0.3) is 0 Å². The smallest absolute Gasteiger partial charge is 0.121 e. The van der Waals surface area contributed by atoms with Crippen molar-refractivity contribution >= 4 is 11.8 Å². The first kappa shape index (κ1) is 12.3. The standard InChI is InChI=1S/C14H17NOS/c1-11-5-7-12(8-6-11)17-10-13(15-2)14-4-3-9-16-14/h3-9,13,15H,10H2,1-2H3. The highest BCUT2D eigenvalue weighted by Crippen LogP contribution is 2.24. The predicted octanol–water partition coefficient (Wildman–Crippen LogP) is 3.64. The highest BCUT2D eigenvalue weighted by atomic mass is 32.2. The van der Waals surface area contributed by atoms with Crippen LogP contribution in [-0.4, -0.2) is 12.8 Å². The van der Waals surface area contributed by atoms with Gasteiger partial charge in [-0.1, -0.05) is 17.7 Å². The van der Waals surface area contributed by atoms with Gasteiger partial charge in [-0.05, 0) is 38.2 Å². The number of hydrogen-bond acceptors (Lipinski definition) is 3. The fourth-order valence-corrected chi connectivity index (χ4v) is 2.63. The maximum absolute atomic E-state index is 5.42. The molecule has 2 rings (SSSR count). The van der Waals surface area contributed by atoms with Gasteiger partial charge in [-0.15, -0.1) is 11.8 Å². The molecule has 2 nitrogen and oxygen atoms in total. The van der Waals surface area contributed by atoms with Crippen molar-refractivity contribution in [3.63, 3.8) is 0 Å². The van der Waals surface area contributed by atoms with E-state index in [0.717, 1.165) is 11.5 Å². The van der Waals surface area contributed by atoms with Crippen LogP contribution in [0.2, 0.25) is 0 Å². The molecule has 17 heavy (non-hydrogen) atoms. The normalized spacial score (nSPS) is 12.6. The van der Waals surface area contributed by atoms with Crippen molar-refractivity contribution in [2.45, 2.75) is 17.9 Å². The number of rotatable bonds is 5. The van der Waals surface area contributed by atoms with E-state index in [2.05, 4.69) is 36.5 Å². The summed E-state index contributed by atoms with van der Waals surface area (Å²) >= 11 is 1.84. The van der Waals surface area contributed by atoms with Crippen LogP contribution in [0.15, 0.2) is 52.0 Å². The molecule has 0 bridgehead atoms. The number of thioether (sulfide) groups is 1. The minimum absolute atomic E-state index is 0.260. The van der Waals surface area contributed by atoms with Gasteiger partial charge in [0.2, 0.25) is 0 Å². The molecular formula is C14H17NOS. The van der Waals surface area contributed by atoms with Gasteiger partial charge in [0.05, 0.1) is 12.3 Å². The van der Waals surface area contributed by atoms with Gasteiger partial charge in [0.15, 0.2) is 0 Å². The number of benzene rings is 1. The molecule has 0 amide bonds. The molecule has 1 N–H and O–H groups in total. The Morgan fingerprint density at radius 3 is 2.59 bits per heavy atom. The van der Waals surface area contributed by atoms with E-state index in [-0.39, 0.29) is 6.04 Å². The summed E-state index contributed by atoms with van der Waals surface area (Å²) in [7, 11) is 1.96. The van der Waals surface area contributed by atoms with E-state index in [1.165, 1.54) is 10.5 Å². The summed E-state index contributed by atoms with van der Waals surface area (Å²) in [4.78, 5) is 1.29. The number of nitrogens with one attached hydrogen (secondary N) is 1. The summed E-state index contributed by atoms with van der Waals surface area (Å²) in [6.45, 7) is 2.10. The number of aryl methyl sites for hydroxylation is 1. The molecule has 90 valence electrons. The minimum Gasteiger partial charge on any atom is -0.468 e. The monoisotopic (exact) mass is 247 g/mol. The van der Waals surface area contributed by atoms with E-state index in [9.17, 15) is 0 Å². The fraction of sp³-hybridized carbons (Fsp3) is 0.286. The van der Waals surface area contributed by atoms with Crippen LogP contribution in [0.4, 0.5) is 0 Å². The second-order valence-electron chi connectivity index (χ2n) is 3.98. The van der Waals surface area contributed by atoms with E-state index in [0.29, 0.717) is 0 Å². The van der Waals surface area contributed by atoms with Crippen LogP contribution in [0.3, 0.4) is 0 Å². The third-order valence-electron chi connectivity index (χ3n) is 2.67. The number of furan rings is 1. The van der Waals surface area contributed by atoms with Crippen molar-refractivity contribution in [1.82, 2.24) is 5.32 Å². The minimum atomic E-state index is 0.260. The molecular weight excluding hydrogens is 230 g/mol. The van der Waals surface area contributed by atoms with Crippen molar-refractivity contribution in [3.8, 4) is 0 Å². The van der Waals surface area contributed by atoms with Crippen LogP contribution in [-0.2, 0) is 0 Å². The Balaban J connectivity index is 1.94. The Bertz CT molecular complexity index is 436. The topological polar surface area (TPSA) is 25.2 Å². The summed E-state index contributed by atoms with van der Waals surface area (Å²) < 4.78 is 5.42. The fourth-order valence-electron chi connectivity index (χ4n) is 1.61. The second-order valence-corrected chi connectivity index (χ2v) is 5.07. The Labute approximate surface area is 106 Å². The molecule has 0 saturated carbocycles. The van der Waals surface area contributed by atoms with Gasteiger partial charge in [0, 0.05) is 10.6 Å². The molecule has 1 aromatic heterocycles. The van der Waals surface area contributed by atoms with Crippen molar-refractivity contribution in [2.75, 3.05) is 12.8 Å². The molecule has 0 fully saturated rings. The van der Waals surface area contributed by atoms with Crippen LogP contribution >= 0.6 is 11.8 Å². The van der Waals surface area contributed by atoms with E-state index >= 15 is 0 Å². The molecule has 1 heterocycles. The maximum Gasteiger partial charge on any atom is 0.121 e. The average molecular weight is 247 g/mol. The first-order valence-corrected chi connectivity index (χ1v) is 6.68. The molecule has 0 aliphatic rings. The zero-order chi connectivity index (χ0) is 12.1. The van der Waals surface area contributed by atoms with Crippen LogP contribution in [0.1, 0.15) is 17.4 Å². The van der Waals surface area contributed by atoms with Gasteiger partial charge in [-0.25, -0.2) is 0 Å². The highest BCUT2D eigenvalue weighted by Gasteiger charge is 2.11. The van der Waals surface area contributed by atoms with E-state index in [1.807, 2.05) is 30.9 Å². The first-order valence-electron chi connectivity index (χ1n) is 5.69. The van der Waals surface area contributed by atoms with E-state index in [1.54, 1.807) is 6.26 Å². The molecule has 0 spiro atoms. The highest BCUT2D eigenvalue weighted by molar-refractivity contribution is 7.99. The van der Waals surface area contributed by atoms with Crippen LogP contribution in [0.5, 0.6) is 0 Å². The van der Waals surface area contributed by atoms with Gasteiger partial charge < -0.3 is 9.73 Å². The second kappa shape index (κ2) is 5.94. The van der Waals surface area contributed by atoms with Gasteiger partial charge >= 0.3 is 0 Å². The third kappa shape index (κ3) is 3.38. The maximum atomic E-state index is 5.42. The first-order chi connectivity index (χ1) is 8.29. The van der Waals surface area contributed by atoms with E-state index < -0.39 is 0 Å². The summed E-state index contributed by atoms with van der Waals surface area (Å²) in [6, 6.07) is 12.8. The molecule has 1 atom stereocenters. The third-order valence-corrected chi connectivity index (χ3v) is 3.78. The summed E-state index contributed by atoms with van der Waals surface area (Å²) in [5.74, 6) is 1.96. The average Bonchev–Trinajstić information content (AvgIpc) is 2.86. The summed E-state index contributed by atoms with van der Waals surface area (Å²) in [5, 5.41) is 3.27. The SMILES string of the molecule is CNC(CSc1ccc(C)cc1)c1ccco1. The predicted molar refractivity (Wildman–Crippen MR) is 72.4 cm³/mol. The van der Waals surface area contributed by atoms with Gasteiger partial charge in [0.1, 0.15) is 5.76 Å². The zero-order valence-electron chi connectivity index (χ0n) is 10.1. The molecule has 3 heteroatoms. The molecule has 1 unspecified atom stereocenters. The zero-order valence-corrected chi connectivity index (χ0v) is 11.0. The quantitative estimate of drug-likeness (QED) is 0.817. The summed E-state index contributed by atoms with van der Waals surface area (Å²) in [5.41, 5.74) is 1.30. The van der Waals surface area contributed by atoms with Crippen molar-refractivity contribution < 1.29 is 4.42 Å². The van der Waals surface area contributed by atoms with Crippen LogP contribution < -0.4 is 5.32 Å². The lowest BCUT2D eigenvalue weighted by Crippen LogP contribution is -2.17. The Morgan fingerprint density at radius 2 is 2.00 bits per heavy atom. The van der Waals surface area contributed by atoms with Crippen molar-refractivity contribution in [2.24, 2.45) is 0 Å². The Morgan fingerprint density at radius 1 is 1.24 bits per heavy atom. The van der Waals surface area contributed by atoms with Gasteiger partial charge in [-0.3, -0.25) is 0 Å². The van der Waals surface area contributed by atoms with E-state index in [4.69, 9.17) is 4.42 Å². The Hall–Kier alpha value is -1.19. The van der Waals surface area contributed by atoms with Crippen LogP contribution in [0.25, 0.3) is 0 Å². The number of hydrogen-bond donors (Lipinski definition) is 1. The molecule has 0 saturated heterocycles. The van der Waals surface area contributed by atoms with Crippen molar-refractivity contribution in [1.29, 1.82) is 0 Å².